The van der Waals surface area contributed by atoms with Gasteiger partial charge in [0.05, 0.1) is 18.7 Å². The van der Waals surface area contributed by atoms with Crippen molar-refractivity contribution >= 4 is 5.91 Å². The van der Waals surface area contributed by atoms with Gasteiger partial charge in [-0.25, -0.2) is 0 Å². The lowest BCUT2D eigenvalue weighted by Gasteiger charge is -2.17. The summed E-state index contributed by atoms with van der Waals surface area (Å²) in [7, 11) is 0. The van der Waals surface area contributed by atoms with Gasteiger partial charge in [0.1, 0.15) is 6.10 Å². The lowest BCUT2D eigenvalue weighted by Crippen LogP contribution is -2.32. The number of aromatic nitrogens is 2. The van der Waals surface area contributed by atoms with Crippen molar-refractivity contribution < 1.29 is 9.53 Å². The third kappa shape index (κ3) is 4.06. The maximum Gasteiger partial charge on any atom is 0.233 e. The Hall–Kier alpha value is -2.43. The van der Waals surface area contributed by atoms with Gasteiger partial charge in [-0.2, -0.15) is 5.10 Å². The summed E-state index contributed by atoms with van der Waals surface area (Å²) in [6.07, 6.45) is 1.27. The Labute approximate surface area is 136 Å². The number of benzene rings is 1. The van der Waals surface area contributed by atoms with Crippen LogP contribution in [-0.2, 0) is 11.2 Å². The highest BCUT2D eigenvalue weighted by Crippen LogP contribution is 2.17. The Kier molecular flexibility index (Phi) is 4.55. The molecule has 1 aromatic heterocycles. The number of carbonyl (C=O) groups excluding carboxylic acids is 1. The summed E-state index contributed by atoms with van der Waals surface area (Å²) >= 11 is 0. The summed E-state index contributed by atoms with van der Waals surface area (Å²) < 4.78 is 5.81. The fourth-order valence-corrected chi connectivity index (χ4v) is 2.78. The van der Waals surface area contributed by atoms with Crippen LogP contribution in [0.25, 0.3) is 0 Å². The summed E-state index contributed by atoms with van der Waals surface area (Å²) in [6, 6.07) is 11.8. The number of aryl methyl sites for hydroxylation is 2. The van der Waals surface area contributed by atoms with Crippen molar-refractivity contribution in [2.75, 3.05) is 13.1 Å². The van der Waals surface area contributed by atoms with E-state index in [1.54, 1.807) is 0 Å². The van der Waals surface area contributed by atoms with E-state index in [9.17, 15) is 4.79 Å². The first-order chi connectivity index (χ1) is 11.1. The molecule has 120 valence electrons. The molecule has 1 amide bonds. The Balaban J connectivity index is 1.54. The Morgan fingerprint density at radius 3 is 2.87 bits per heavy atom. The van der Waals surface area contributed by atoms with Crippen molar-refractivity contribution in [1.82, 2.24) is 15.1 Å². The molecule has 1 aromatic carbocycles. The molecule has 1 aliphatic rings. The highest BCUT2D eigenvalue weighted by molar-refractivity contribution is 5.79. The van der Waals surface area contributed by atoms with Crippen LogP contribution >= 0.6 is 0 Å². The predicted molar refractivity (Wildman–Crippen MR) is 87.3 cm³/mol. The zero-order chi connectivity index (χ0) is 16.2. The number of nitrogens with zero attached hydrogens (tertiary/aromatic N) is 3. The molecule has 5 nitrogen and oxygen atoms in total. The van der Waals surface area contributed by atoms with Crippen LogP contribution in [0, 0.1) is 13.8 Å². The molecule has 1 atom stereocenters. The van der Waals surface area contributed by atoms with E-state index in [1.807, 2.05) is 49.1 Å². The van der Waals surface area contributed by atoms with Gasteiger partial charge in [0, 0.05) is 19.0 Å². The van der Waals surface area contributed by atoms with Crippen molar-refractivity contribution in [3.8, 4) is 5.88 Å². The maximum absolute atomic E-state index is 12.4. The van der Waals surface area contributed by atoms with Crippen LogP contribution in [-0.4, -0.2) is 40.2 Å². The minimum Gasteiger partial charge on any atom is -0.471 e. The molecule has 0 radical (unpaired) electrons. The fraction of sp³-hybridized carbons (Fsp3) is 0.389. The molecule has 1 aliphatic heterocycles. The lowest BCUT2D eigenvalue weighted by molar-refractivity contribution is -0.129. The first-order valence-electron chi connectivity index (χ1n) is 7.90. The zero-order valence-electron chi connectivity index (χ0n) is 13.5. The van der Waals surface area contributed by atoms with Crippen molar-refractivity contribution in [1.29, 1.82) is 0 Å². The Morgan fingerprint density at radius 1 is 1.26 bits per heavy atom. The molecule has 2 aromatic rings. The average Bonchev–Trinajstić information content (AvgIpc) is 2.98. The van der Waals surface area contributed by atoms with Gasteiger partial charge in [-0.05, 0) is 25.5 Å². The molecular weight excluding hydrogens is 290 g/mol. The monoisotopic (exact) mass is 311 g/mol. The number of hydrogen-bond acceptors (Lipinski definition) is 4. The number of rotatable bonds is 4. The van der Waals surface area contributed by atoms with Gasteiger partial charge in [-0.3, -0.25) is 4.79 Å². The van der Waals surface area contributed by atoms with Gasteiger partial charge < -0.3 is 9.64 Å². The molecule has 0 N–H and O–H groups in total. The molecule has 2 heterocycles. The maximum atomic E-state index is 12.4. The first-order valence-corrected chi connectivity index (χ1v) is 7.90. The van der Waals surface area contributed by atoms with E-state index in [-0.39, 0.29) is 12.0 Å². The highest BCUT2D eigenvalue weighted by atomic mass is 16.5. The van der Waals surface area contributed by atoms with Crippen molar-refractivity contribution in [2.45, 2.75) is 32.8 Å². The second-order valence-electron chi connectivity index (χ2n) is 6.05. The molecule has 5 heteroatoms. The van der Waals surface area contributed by atoms with Crippen LogP contribution in [0.1, 0.15) is 23.2 Å². The van der Waals surface area contributed by atoms with Gasteiger partial charge in [0.2, 0.25) is 11.8 Å². The molecule has 1 saturated heterocycles. The minimum absolute atomic E-state index is 0.00605. The molecule has 0 saturated carbocycles. The van der Waals surface area contributed by atoms with Crippen LogP contribution in [0.4, 0.5) is 0 Å². The van der Waals surface area contributed by atoms with Gasteiger partial charge in [0.25, 0.3) is 0 Å². The van der Waals surface area contributed by atoms with Crippen LogP contribution < -0.4 is 4.74 Å². The molecule has 0 spiro atoms. The number of hydrogen-bond donors (Lipinski definition) is 0. The van der Waals surface area contributed by atoms with Crippen LogP contribution in [0.2, 0.25) is 0 Å². The first kappa shape index (κ1) is 15.5. The second-order valence-corrected chi connectivity index (χ2v) is 6.05. The topological polar surface area (TPSA) is 55.3 Å². The summed E-state index contributed by atoms with van der Waals surface area (Å²) in [6.45, 7) is 5.27. The van der Waals surface area contributed by atoms with Gasteiger partial charge in [-0.1, -0.05) is 29.8 Å². The summed E-state index contributed by atoms with van der Waals surface area (Å²) in [5.74, 6) is 0.672. The van der Waals surface area contributed by atoms with E-state index in [1.165, 1.54) is 5.56 Å². The zero-order valence-corrected chi connectivity index (χ0v) is 13.5. The summed E-state index contributed by atoms with van der Waals surface area (Å²) in [4.78, 5) is 14.3. The normalized spacial score (nSPS) is 17.3. The molecule has 3 rings (SSSR count). The largest absolute Gasteiger partial charge is 0.471 e. The van der Waals surface area contributed by atoms with Crippen molar-refractivity contribution in [3.05, 3.63) is 53.2 Å². The third-order valence-electron chi connectivity index (χ3n) is 4.00. The van der Waals surface area contributed by atoms with Crippen LogP contribution in [0.5, 0.6) is 5.88 Å². The van der Waals surface area contributed by atoms with E-state index in [0.29, 0.717) is 18.8 Å². The third-order valence-corrected chi connectivity index (χ3v) is 4.00. The fourth-order valence-electron chi connectivity index (χ4n) is 2.78. The number of likely N-dealkylation sites (tertiary alicyclic amines) is 1. The molecular formula is C18H21N3O2. The van der Waals surface area contributed by atoms with E-state index >= 15 is 0 Å². The van der Waals surface area contributed by atoms with E-state index in [4.69, 9.17) is 4.74 Å². The van der Waals surface area contributed by atoms with Gasteiger partial charge in [-0.15, -0.1) is 5.10 Å². The van der Waals surface area contributed by atoms with Gasteiger partial charge in [0.15, 0.2) is 0 Å². The average molecular weight is 311 g/mol. The highest BCUT2D eigenvalue weighted by Gasteiger charge is 2.27. The number of amides is 1. The Morgan fingerprint density at radius 2 is 2.13 bits per heavy atom. The number of carbonyl (C=O) groups is 1. The van der Waals surface area contributed by atoms with E-state index in [0.717, 1.165) is 24.2 Å². The van der Waals surface area contributed by atoms with Crippen molar-refractivity contribution in [3.63, 3.8) is 0 Å². The van der Waals surface area contributed by atoms with Crippen LogP contribution in [0.15, 0.2) is 36.4 Å². The quantitative estimate of drug-likeness (QED) is 0.869. The van der Waals surface area contributed by atoms with Gasteiger partial charge >= 0.3 is 0 Å². The molecule has 23 heavy (non-hydrogen) atoms. The molecule has 0 bridgehead atoms. The SMILES string of the molecule is Cc1cccc(CC(=O)N2CCC(Oc3ccc(C)nn3)C2)c1. The summed E-state index contributed by atoms with van der Waals surface area (Å²) in [5.41, 5.74) is 3.10. The van der Waals surface area contributed by atoms with Crippen LogP contribution in [0.3, 0.4) is 0 Å². The minimum atomic E-state index is -0.00605. The second kappa shape index (κ2) is 6.77. The predicted octanol–water partition coefficient (Wildman–Crippen LogP) is 2.32. The summed E-state index contributed by atoms with van der Waals surface area (Å²) in [5, 5.41) is 8.00. The smallest absolute Gasteiger partial charge is 0.233 e. The Bertz CT molecular complexity index is 685. The standard InChI is InChI=1S/C18H21N3O2/c1-13-4-3-5-15(10-13)11-18(22)21-9-8-16(12-21)23-17-7-6-14(2)19-20-17/h3-7,10,16H,8-9,11-12H2,1-2H3. The molecule has 1 fully saturated rings. The lowest BCUT2D eigenvalue weighted by atomic mass is 10.1. The van der Waals surface area contributed by atoms with E-state index in [2.05, 4.69) is 16.3 Å². The number of ether oxygens (including phenoxy) is 1. The van der Waals surface area contributed by atoms with E-state index < -0.39 is 0 Å². The molecule has 0 aliphatic carbocycles. The molecule has 1 unspecified atom stereocenters. The van der Waals surface area contributed by atoms with Crippen molar-refractivity contribution in [2.24, 2.45) is 0 Å².